The molecule has 1 aromatic carbocycles. The molecule has 1 aliphatic heterocycles. The van der Waals surface area contributed by atoms with Gasteiger partial charge in [-0.2, -0.15) is 0 Å². The molecule has 88 valence electrons. The molecule has 0 aliphatic carbocycles. The summed E-state index contributed by atoms with van der Waals surface area (Å²) in [6.07, 6.45) is 0.916. The van der Waals surface area contributed by atoms with Crippen LogP contribution in [0.25, 0.3) is 0 Å². The molecular weight excluding hydrogens is 226 g/mol. The van der Waals surface area contributed by atoms with Crippen LogP contribution in [0.1, 0.15) is 24.8 Å². The summed E-state index contributed by atoms with van der Waals surface area (Å²) in [5.74, 6) is 1.75. The van der Waals surface area contributed by atoms with Gasteiger partial charge in [0.2, 0.25) is 0 Å². The van der Waals surface area contributed by atoms with E-state index in [1.54, 1.807) is 0 Å². The first kappa shape index (κ1) is 11.6. The minimum absolute atomic E-state index is 0.341. The molecule has 1 heterocycles. The first-order valence-corrected chi connectivity index (χ1v) is 5.90. The number of hydrogen-bond donors (Lipinski definition) is 1. The molecule has 3 nitrogen and oxygen atoms in total. The molecule has 1 aliphatic rings. The smallest absolute Gasteiger partial charge is 0.180 e. The lowest BCUT2D eigenvalue weighted by Crippen LogP contribution is -2.16. The number of fused-ring (bicyclic) bond motifs is 1. The maximum Gasteiger partial charge on any atom is 0.180 e. The van der Waals surface area contributed by atoms with Gasteiger partial charge in [-0.25, -0.2) is 0 Å². The van der Waals surface area contributed by atoms with Crippen molar-refractivity contribution in [2.45, 2.75) is 19.3 Å². The average molecular weight is 242 g/mol. The second-order valence-electron chi connectivity index (χ2n) is 3.97. The van der Waals surface area contributed by atoms with Crippen molar-refractivity contribution in [1.29, 1.82) is 0 Å². The topological polar surface area (TPSA) is 44.5 Å². The molecule has 0 saturated carbocycles. The third kappa shape index (κ3) is 2.11. The monoisotopic (exact) mass is 241 g/mol. The van der Waals surface area contributed by atoms with Crippen molar-refractivity contribution in [2.75, 3.05) is 19.8 Å². The Morgan fingerprint density at radius 2 is 2.12 bits per heavy atom. The molecule has 0 bridgehead atoms. The Morgan fingerprint density at radius 3 is 2.88 bits per heavy atom. The molecule has 0 aromatic heterocycles. The maximum absolute atomic E-state index is 6.31. The van der Waals surface area contributed by atoms with E-state index < -0.39 is 0 Å². The van der Waals surface area contributed by atoms with Gasteiger partial charge in [-0.3, -0.25) is 0 Å². The fraction of sp³-hybridized carbons (Fsp3) is 0.500. The standard InChI is InChI=1S/C12H16ClNO2/c1-8(4-5-14)9-2-3-10-12(11(9)13)16-7-6-15-10/h2-3,8H,4-7,14H2,1H3. The van der Waals surface area contributed by atoms with Gasteiger partial charge in [0, 0.05) is 0 Å². The lowest BCUT2D eigenvalue weighted by Gasteiger charge is -2.22. The molecular formula is C12H16ClNO2. The normalized spacial score (nSPS) is 15.9. The second-order valence-corrected chi connectivity index (χ2v) is 4.35. The third-order valence-electron chi connectivity index (χ3n) is 2.81. The molecule has 1 atom stereocenters. The highest BCUT2D eigenvalue weighted by molar-refractivity contribution is 6.33. The second kappa shape index (κ2) is 4.93. The molecule has 1 aromatic rings. The van der Waals surface area contributed by atoms with Crippen molar-refractivity contribution in [2.24, 2.45) is 5.73 Å². The van der Waals surface area contributed by atoms with Crippen molar-refractivity contribution in [3.63, 3.8) is 0 Å². The maximum atomic E-state index is 6.31. The summed E-state index contributed by atoms with van der Waals surface area (Å²) < 4.78 is 11.0. The minimum atomic E-state index is 0.341. The van der Waals surface area contributed by atoms with Gasteiger partial charge in [-0.15, -0.1) is 0 Å². The first-order valence-electron chi connectivity index (χ1n) is 5.52. The van der Waals surface area contributed by atoms with E-state index in [0.717, 1.165) is 17.7 Å². The summed E-state index contributed by atoms with van der Waals surface area (Å²) >= 11 is 6.31. The summed E-state index contributed by atoms with van der Waals surface area (Å²) in [6.45, 7) is 3.92. The third-order valence-corrected chi connectivity index (χ3v) is 3.20. The summed E-state index contributed by atoms with van der Waals surface area (Å²) in [4.78, 5) is 0. The van der Waals surface area contributed by atoms with Crippen LogP contribution in [0.5, 0.6) is 11.5 Å². The van der Waals surface area contributed by atoms with Crippen LogP contribution in [0, 0.1) is 0 Å². The highest BCUT2D eigenvalue weighted by atomic mass is 35.5. The lowest BCUT2D eigenvalue weighted by atomic mass is 9.97. The largest absolute Gasteiger partial charge is 0.486 e. The predicted molar refractivity (Wildman–Crippen MR) is 64.5 cm³/mol. The Labute approximate surface area is 100 Å². The van der Waals surface area contributed by atoms with E-state index in [9.17, 15) is 0 Å². The fourth-order valence-electron chi connectivity index (χ4n) is 1.88. The van der Waals surface area contributed by atoms with Gasteiger partial charge in [0.15, 0.2) is 11.5 Å². The SMILES string of the molecule is CC(CCN)c1ccc2c(c1Cl)OCCO2. The van der Waals surface area contributed by atoms with Gasteiger partial charge >= 0.3 is 0 Å². The number of halogens is 1. The number of hydrogen-bond acceptors (Lipinski definition) is 3. The Kier molecular flexibility index (Phi) is 3.56. The molecule has 0 radical (unpaired) electrons. The molecule has 0 amide bonds. The molecule has 4 heteroatoms. The summed E-state index contributed by atoms with van der Waals surface area (Å²) in [5, 5.41) is 0.665. The number of benzene rings is 1. The molecule has 0 spiro atoms. The van der Waals surface area contributed by atoms with Crippen molar-refractivity contribution < 1.29 is 9.47 Å². The molecule has 0 fully saturated rings. The molecule has 0 saturated heterocycles. The quantitative estimate of drug-likeness (QED) is 0.885. The Hall–Kier alpha value is -0.930. The molecule has 2 rings (SSSR count). The van der Waals surface area contributed by atoms with E-state index in [-0.39, 0.29) is 0 Å². The Morgan fingerprint density at radius 1 is 1.38 bits per heavy atom. The van der Waals surface area contributed by atoms with Gasteiger partial charge in [-0.05, 0) is 30.5 Å². The van der Waals surface area contributed by atoms with Crippen molar-refractivity contribution in [3.8, 4) is 11.5 Å². The van der Waals surface area contributed by atoms with Crippen molar-refractivity contribution in [1.82, 2.24) is 0 Å². The van der Waals surface area contributed by atoms with E-state index >= 15 is 0 Å². The lowest BCUT2D eigenvalue weighted by molar-refractivity contribution is 0.171. The number of ether oxygens (including phenoxy) is 2. The van der Waals surface area contributed by atoms with Gasteiger partial charge in [0.05, 0.1) is 5.02 Å². The van der Waals surface area contributed by atoms with Crippen LogP contribution < -0.4 is 15.2 Å². The zero-order valence-electron chi connectivity index (χ0n) is 9.33. The molecule has 1 unspecified atom stereocenters. The van der Waals surface area contributed by atoms with Crippen LogP contribution in [0.2, 0.25) is 5.02 Å². The zero-order valence-corrected chi connectivity index (χ0v) is 10.1. The molecule has 16 heavy (non-hydrogen) atoms. The van der Waals surface area contributed by atoms with Gasteiger partial charge < -0.3 is 15.2 Å². The average Bonchev–Trinajstić information content (AvgIpc) is 2.30. The number of nitrogens with two attached hydrogens (primary N) is 1. The molecule has 2 N–H and O–H groups in total. The van der Waals surface area contributed by atoms with E-state index in [4.69, 9.17) is 26.8 Å². The van der Waals surface area contributed by atoms with Crippen molar-refractivity contribution >= 4 is 11.6 Å². The Bertz CT molecular complexity index is 382. The van der Waals surface area contributed by atoms with Crippen LogP contribution in [0.15, 0.2) is 12.1 Å². The van der Waals surface area contributed by atoms with Gasteiger partial charge in [-0.1, -0.05) is 24.6 Å². The van der Waals surface area contributed by atoms with E-state index in [1.165, 1.54) is 0 Å². The van der Waals surface area contributed by atoms with Crippen LogP contribution >= 0.6 is 11.6 Å². The van der Waals surface area contributed by atoms with E-state index in [0.29, 0.717) is 36.4 Å². The van der Waals surface area contributed by atoms with Crippen molar-refractivity contribution in [3.05, 3.63) is 22.7 Å². The van der Waals surface area contributed by atoms with Crippen LogP contribution in [-0.4, -0.2) is 19.8 Å². The summed E-state index contributed by atoms with van der Waals surface area (Å²) in [5.41, 5.74) is 6.64. The van der Waals surface area contributed by atoms with Crippen LogP contribution in [0.4, 0.5) is 0 Å². The van der Waals surface area contributed by atoms with E-state index in [1.807, 2.05) is 12.1 Å². The predicted octanol–water partition coefficient (Wildman–Crippen LogP) is 2.56. The number of rotatable bonds is 3. The highest BCUT2D eigenvalue weighted by Gasteiger charge is 2.20. The van der Waals surface area contributed by atoms with Crippen LogP contribution in [0.3, 0.4) is 0 Å². The highest BCUT2D eigenvalue weighted by Crippen LogP contribution is 2.42. The van der Waals surface area contributed by atoms with E-state index in [2.05, 4.69) is 6.92 Å². The zero-order chi connectivity index (χ0) is 11.5. The summed E-state index contributed by atoms with van der Waals surface area (Å²) in [6, 6.07) is 3.92. The van der Waals surface area contributed by atoms with Gasteiger partial charge in [0.1, 0.15) is 13.2 Å². The fourth-order valence-corrected chi connectivity index (χ4v) is 2.28. The summed E-state index contributed by atoms with van der Waals surface area (Å²) in [7, 11) is 0. The van der Waals surface area contributed by atoms with Gasteiger partial charge in [0.25, 0.3) is 0 Å². The first-order chi connectivity index (χ1) is 7.74. The van der Waals surface area contributed by atoms with Crippen LogP contribution in [-0.2, 0) is 0 Å². The Balaban J connectivity index is 2.33. The minimum Gasteiger partial charge on any atom is -0.486 e.